The van der Waals surface area contributed by atoms with Crippen LogP contribution in [0.2, 0.25) is 0 Å². The van der Waals surface area contributed by atoms with E-state index in [1.54, 1.807) is 35.6 Å². The van der Waals surface area contributed by atoms with E-state index in [2.05, 4.69) is 25.4 Å². The lowest BCUT2D eigenvalue weighted by atomic mass is 10.1. The number of hydrogen-bond acceptors (Lipinski definition) is 8. The van der Waals surface area contributed by atoms with Gasteiger partial charge in [-0.15, -0.1) is 11.3 Å². The second-order valence-corrected chi connectivity index (χ2v) is 8.81. The van der Waals surface area contributed by atoms with Gasteiger partial charge in [-0.3, -0.25) is 4.68 Å². The Labute approximate surface area is 199 Å². The number of aryl methyl sites for hydroxylation is 1. The van der Waals surface area contributed by atoms with E-state index in [1.165, 1.54) is 17.7 Å². The van der Waals surface area contributed by atoms with Crippen LogP contribution in [0, 0.1) is 5.82 Å². The van der Waals surface area contributed by atoms with Crippen molar-refractivity contribution in [3.63, 3.8) is 0 Å². The van der Waals surface area contributed by atoms with Crippen molar-refractivity contribution < 1.29 is 13.9 Å². The molecule has 0 aliphatic heterocycles. The zero-order chi connectivity index (χ0) is 23.7. The lowest BCUT2D eigenvalue weighted by Crippen LogP contribution is -2.15. The molecule has 3 aromatic heterocycles. The number of hydrogen-bond donors (Lipinski definition) is 1. The summed E-state index contributed by atoms with van der Waals surface area (Å²) >= 11 is 1.26. The van der Waals surface area contributed by atoms with Crippen molar-refractivity contribution in [1.29, 1.82) is 0 Å². The summed E-state index contributed by atoms with van der Waals surface area (Å²) in [4.78, 5) is 13.1. The fourth-order valence-corrected chi connectivity index (χ4v) is 4.48. The van der Waals surface area contributed by atoms with Gasteiger partial charge in [-0.2, -0.15) is 5.10 Å². The number of anilines is 2. The fourth-order valence-electron chi connectivity index (χ4n) is 3.76. The number of thiazole rings is 1. The monoisotopic (exact) mass is 478 g/mol. The van der Waals surface area contributed by atoms with Crippen LogP contribution in [0.1, 0.15) is 13.3 Å². The maximum atomic E-state index is 15.1. The Kier molecular flexibility index (Phi) is 6.08. The first kappa shape index (κ1) is 22.2. The molecule has 0 amide bonds. The highest BCUT2D eigenvalue weighted by atomic mass is 32.1. The van der Waals surface area contributed by atoms with E-state index in [-0.39, 0.29) is 11.9 Å². The molecule has 1 N–H and O–H groups in total. The highest BCUT2D eigenvalue weighted by molar-refractivity contribution is 7.16. The topological polar surface area (TPSA) is 87.0 Å². The molecule has 0 radical (unpaired) electrons. The molecule has 2 aromatic carbocycles. The number of nitrogens with zero attached hydrogens (tertiary/aromatic N) is 5. The molecule has 34 heavy (non-hydrogen) atoms. The van der Waals surface area contributed by atoms with Gasteiger partial charge in [0.25, 0.3) is 0 Å². The quantitative estimate of drug-likeness (QED) is 0.323. The van der Waals surface area contributed by atoms with Crippen molar-refractivity contribution in [1.82, 2.24) is 24.7 Å². The van der Waals surface area contributed by atoms with Crippen molar-refractivity contribution >= 4 is 44.0 Å². The van der Waals surface area contributed by atoms with Crippen LogP contribution in [0.5, 0.6) is 5.75 Å². The summed E-state index contributed by atoms with van der Waals surface area (Å²) < 4.78 is 28.9. The first-order chi connectivity index (χ1) is 16.5. The van der Waals surface area contributed by atoms with Crippen LogP contribution in [0.4, 0.5) is 15.9 Å². The summed E-state index contributed by atoms with van der Waals surface area (Å²) in [6, 6.07) is 7.34. The number of methoxy groups -OCH3 is 1. The number of ether oxygens (including phenoxy) is 2. The predicted molar refractivity (Wildman–Crippen MR) is 131 cm³/mol. The minimum absolute atomic E-state index is 0.120. The van der Waals surface area contributed by atoms with Crippen molar-refractivity contribution in [3.05, 3.63) is 54.3 Å². The average molecular weight is 479 g/mol. The van der Waals surface area contributed by atoms with Crippen LogP contribution >= 0.6 is 11.3 Å². The van der Waals surface area contributed by atoms with Gasteiger partial charge in [0.1, 0.15) is 17.9 Å². The molecule has 174 valence electrons. The number of nitrogens with one attached hydrogen (secondary N) is 1. The Morgan fingerprint density at radius 1 is 1.15 bits per heavy atom. The molecule has 10 heteroatoms. The molecule has 5 rings (SSSR count). The number of benzene rings is 2. The van der Waals surface area contributed by atoms with Crippen LogP contribution in [-0.4, -0.2) is 44.6 Å². The van der Waals surface area contributed by atoms with Gasteiger partial charge in [0, 0.05) is 38.9 Å². The van der Waals surface area contributed by atoms with Crippen molar-refractivity contribution in [2.24, 2.45) is 7.05 Å². The number of halogens is 1. The van der Waals surface area contributed by atoms with Gasteiger partial charge >= 0.3 is 0 Å². The first-order valence-corrected chi connectivity index (χ1v) is 11.6. The Hall–Kier alpha value is -3.63. The summed E-state index contributed by atoms with van der Waals surface area (Å²) in [5.41, 5.74) is 5.09. The normalized spacial score (nSPS) is 12.4. The minimum atomic E-state index is -0.366. The van der Waals surface area contributed by atoms with Gasteiger partial charge in [-0.25, -0.2) is 19.3 Å². The highest BCUT2D eigenvalue weighted by Crippen LogP contribution is 2.38. The van der Waals surface area contributed by atoms with Crippen LogP contribution in [-0.2, 0) is 11.8 Å². The van der Waals surface area contributed by atoms with E-state index in [0.717, 1.165) is 11.1 Å². The van der Waals surface area contributed by atoms with Crippen LogP contribution in [0.15, 0.2) is 48.5 Å². The molecule has 0 spiro atoms. The van der Waals surface area contributed by atoms with Crippen molar-refractivity contribution in [3.8, 4) is 16.9 Å². The molecule has 8 nitrogen and oxygen atoms in total. The van der Waals surface area contributed by atoms with E-state index in [1.807, 2.05) is 32.3 Å². The molecular weight excluding hydrogens is 455 g/mol. The van der Waals surface area contributed by atoms with Gasteiger partial charge in [-0.05, 0) is 36.8 Å². The van der Waals surface area contributed by atoms with Gasteiger partial charge in [0.2, 0.25) is 0 Å². The van der Waals surface area contributed by atoms with Gasteiger partial charge in [0.05, 0.1) is 44.6 Å². The third kappa shape index (κ3) is 4.29. The van der Waals surface area contributed by atoms with Gasteiger partial charge < -0.3 is 14.8 Å². The van der Waals surface area contributed by atoms with E-state index in [4.69, 9.17) is 9.47 Å². The Bertz CT molecular complexity index is 1470. The van der Waals surface area contributed by atoms with E-state index >= 15 is 4.39 Å². The standard InChI is InChI=1S/C24H23FN6O2S/c1-14(6-7-32-3)33-20-9-15(16-10-29-31(2)11-16)8-19-21(20)24(27-12-26-19)30-17-4-5-18-23(22(17)25)34-13-28-18/h4-5,8-14H,6-7H2,1-3H3,(H,26,27,30)/t14-/m0/s1. The van der Waals surface area contributed by atoms with Gasteiger partial charge in [-0.1, -0.05) is 0 Å². The summed E-state index contributed by atoms with van der Waals surface area (Å²) in [6.45, 7) is 2.55. The predicted octanol–water partition coefficient (Wildman–Crippen LogP) is 5.33. The van der Waals surface area contributed by atoms with Gasteiger partial charge in [0.15, 0.2) is 5.82 Å². The second kappa shape index (κ2) is 9.32. The maximum absolute atomic E-state index is 15.1. The summed E-state index contributed by atoms with van der Waals surface area (Å²) in [7, 11) is 3.53. The summed E-state index contributed by atoms with van der Waals surface area (Å²) in [6.07, 6.45) is 5.77. The average Bonchev–Trinajstić information content (AvgIpc) is 3.49. The molecule has 0 saturated carbocycles. The lowest BCUT2D eigenvalue weighted by Gasteiger charge is -2.18. The Morgan fingerprint density at radius 3 is 2.82 bits per heavy atom. The smallest absolute Gasteiger partial charge is 0.166 e. The van der Waals surface area contributed by atoms with E-state index in [0.29, 0.717) is 51.4 Å². The number of rotatable bonds is 8. The minimum Gasteiger partial charge on any atom is -0.490 e. The first-order valence-electron chi connectivity index (χ1n) is 10.8. The zero-order valence-corrected chi connectivity index (χ0v) is 19.8. The number of aromatic nitrogens is 5. The SMILES string of the molecule is COCC[C@H](C)Oc1cc(-c2cnn(C)c2)cc2ncnc(Nc3ccc4ncsc4c3F)c12. The van der Waals surface area contributed by atoms with Crippen LogP contribution < -0.4 is 10.1 Å². The van der Waals surface area contributed by atoms with Crippen LogP contribution in [0.3, 0.4) is 0 Å². The maximum Gasteiger partial charge on any atom is 0.166 e. The zero-order valence-electron chi connectivity index (χ0n) is 18.9. The van der Waals surface area contributed by atoms with E-state index < -0.39 is 0 Å². The molecule has 3 heterocycles. The summed E-state index contributed by atoms with van der Waals surface area (Å²) in [5.74, 6) is 0.691. The molecule has 0 aliphatic rings. The fraction of sp³-hybridized carbons (Fsp3) is 0.250. The largest absolute Gasteiger partial charge is 0.490 e. The lowest BCUT2D eigenvalue weighted by molar-refractivity contribution is 0.136. The second-order valence-electron chi connectivity index (χ2n) is 7.96. The van der Waals surface area contributed by atoms with Crippen LogP contribution in [0.25, 0.3) is 32.2 Å². The molecule has 0 aliphatic carbocycles. The van der Waals surface area contributed by atoms with Crippen molar-refractivity contribution in [2.45, 2.75) is 19.4 Å². The molecule has 0 fully saturated rings. The molecule has 0 saturated heterocycles. The Balaban J connectivity index is 1.62. The van der Waals surface area contributed by atoms with E-state index in [9.17, 15) is 0 Å². The third-order valence-electron chi connectivity index (χ3n) is 5.49. The Morgan fingerprint density at radius 2 is 2.03 bits per heavy atom. The molecule has 0 bridgehead atoms. The van der Waals surface area contributed by atoms with Crippen molar-refractivity contribution in [2.75, 3.05) is 19.0 Å². The molecule has 1 atom stereocenters. The molecule has 0 unspecified atom stereocenters. The third-order valence-corrected chi connectivity index (χ3v) is 6.32. The molecular formula is C24H23FN6O2S. The summed E-state index contributed by atoms with van der Waals surface area (Å²) in [5, 5.41) is 8.09. The molecule has 5 aromatic rings. The number of fused-ring (bicyclic) bond motifs is 2. The highest BCUT2D eigenvalue weighted by Gasteiger charge is 2.18.